The lowest BCUT2D eigenvalue weighted by molar-refractivity contribution is -0.294. The number of carbonyl (C=O) groups is 14. The van der Waals surface area contributed by atoms with Gasteiger partial charge in [0.05, 0.1) is 36.3 Å². The van der Waals surface area contributed by atoms with Crippen LogP contribution < -0.4 is 31.9 Å². The Labute approximate surface area is 641 Å². The summed E-state index contributed by atoms with van der Waals surface area (Å²) < 4.78 is 110. The van der Waals surface area contributed by atoms with Gasteiger partial charge in [-0.1, -0.05) is 12.1 Å². The molecule has 1 aromatic rings. The van der Waals surface area contributed by atoms with Crippen LogP contribution in [0.25, 0.3) is 0 Å². The Bertz CT molecular complexity index is 3560. The van der Waals surface area contributed by atoms with E-state index in [-0.39, 0.29) is 17.7 Å². The van der Waals surface area contributed by atoms with Crippen LogP contribution in [-0.4, -0.2) is 266 Å². The van der Waals surface area contributed by atoms with Crippen LogP contribution in [0.5, 0.6) is 0 Å². The summed E-state index contributed by atoms with van der Waals surface area (Å²) >= 11 is 0. The minimum absolute atomic E-state index is 0.0836. The molecular weight excluding hydrogens is 1470 g/mol. The second kappa shape index (κ2) is 36.5. The summed E-state index contributed by atoms with van der Waals surface area (Å²) in [5, 5.41) is 15.8. The van der Waals surface area contributed by atoms with Crippen LogP contribution in [0.15, 0.2) is 24.3 Å². The average molecular weight is 1580 g/mol. The van der Waals surface area contributed by atoms with Gasteiger partial charge in [-0.2, -0.15) is 0 Å². The van der Waals surface area contributed by atoms with Gasteiger partial charge in [0.2, 0.25) is 0 Å². The summed E-state index contributed by atoms with van der Waals surface area (Å²) in [6, 6.07) is -0.591. The Balaban J connectivity index is 1.44. The highest BCUT2D eigenvalue weighted by atomic mass is 16.8. The van der Waals surface area contributed by atoms with E-state index in [1.54, 1.807) is 74.4 Å². The predicted molar refractivity (Wildman–Crippen MR) is 375 cm³/mol. The zero-order chi connectivity index (χ0) is 82.9. The lowest BCUT2D eigenvalue weighted by Crippen LogP contribution is -2.70. The molecule has 39 nitrogen and oxygen atoms in total. The maximum absolute atomic E-state index is 15.0. The first-order valence-electron chi connectivity index (χ1n) is 36.1. The van der Waals surface area contributed by atoms with Crippen molar-refractivity contribution < 1.29 is 152 Å². The molecule has 1 aliphatic carbocycles. The molecule has 5 fully saturated rings. The number of ether oxygens (including phenoxy) is 18. The third-order valence-corrected chi connectivity index (χ3v) is 16.4. The summed E-state index contributed by atoms with van der Waals surface area (Å²) in [5.41, 5.74) is -5.48. The molecule has 8 amide bonds. The number of amides is 8. The maximum atomic E-state index is 15.0. The first-order chi connectivity index (χ1) is 51.3. The van der Waals surface area contributed by atoms with Gasteiger partial charge in [0.25, 0.3) is 17.7 Å². The minimum Gasteiger partial charge on any atom is -0.463 e. The number of carbonyl (C=O) groups excluding carboxylic acids is 14. The fraction of sp³-hybridized carbons (Fsp3) is 0.722. The predicted octanol–water partition coefficient (Wildman–Crippen LogP) is 3.61. The molecular formula is C72H105N7O32. The smallest absolute Gasteiger partial charge is 0.408 e. The van der Waals surface area contributed by atoms with Crippen LogP contribution in [0.2, 0.25) is 0 Å². The lowest BCUT2D eigenvalue weighted by Gasteiger charge is -2.48. The standard InChI is InChI=1S/C72H105N7O32/c1-32(80)94-31-45-52(105-60-46(77-66(92)110-71(16,17)18)53(98-36(5)84)50(97-35(4)83)43(100-60)29-74-64(90)108-69(10,11)12)56(99-37(6)85)62(102-45)106-55-48(96-34(3)82)40(75-57(86)42(95-33(2)81)26-27-73-63(89)107-68(7,8)9)28-41(76-65(91)109-70(13,14)15)49(55)104-61-47(78-67(93)111-72(19,20)21)54-51(103-54)44(101-61)30-79-58(87)38-24-22-23-25-39(38)59(79)88/h22-25,40-56,60-62H,26-31H2,1-21H3,(H,73,89)(H,74,90)(H,75,86)(H,76,91)(H,77,92)(H,78,93). The maximum Gasteiger partial charge on any atom is 0.408 e. The van der Waals surface area contributed by atoms with E-state index in [2.05, 4.69) is 31.9 Å². The molecule has 6 aliphatic rings. The van der Waals surface area contributed by atoms with Gasteiger partial charge in [-0.3, -0.25) is 48.1 Å². The van der Waals surface area contributed by atoms with Gasteiger partial charge in [-0.15, -0.1) is 0 Å². The van der Waals surface area contributed by atoms with E-state index in [4.69, 9.17) is 85.3 Å². The van der Waals surface area contributed by atoms with Crippen molar-refractivity contribution in [2.45, 2.75) is 309 Å². The molecule has 5 heterocycles. The number of alkyl carbamates (subject to hydrolysis) is 5. The van der Waals surface area contributed by atoms with Gasteiger partial charge in [-0.25, -0.2) is 24.0 Å². The second-order valence-corrected chi connectivity index (χ2v) is 32.0. The number of fused-ring (bicyclic) bond motifs is 2. The molecule has 111 heavy (non-hydrogen) atoms. The van der Waals surface area contributed by atoms with E-state index >= 15 is 4.79 Å². The van der Waals surface area contributed by atoms with Crippen LogP contribution >= 0.6 is 0 Å². The van der Waals surface area contributed by atoms with Crippen molar-refractivity contribution in [1.29, 1.82) is 0 Å². The first kappa shape index (κ1) is 88.9. The number of epoxide rings is 1. The monoisotopic (exact) mass is 1580 g/mol. The van der Waals surface area contributed by atoms with Crippen molar-refractivity contribution >= 4 is 84.0 Å². The highest BCUT2D eigenvalue weighted by Crippen LogP contribution is 2.43. The number of hydrogen-bond acceptors (Lipinski definition) is 32. The van der Waals surface area contributed by atoms with Crippen LogP contribution in [-0.2, 0) is 119 Å². The lowest BCUT2D eigenvalue weighted by atomic mass is 9.82. The molecule has 620 valence electrons. The third kappa shape index (κ3) is 26.4. The summed E-state index contributed by atoms with van der Waals surface area (Å²) in [5.74, 6) is -8.62. The normalized spacial score (nSPS) is 28.7. The molecule has 20 unspecified atom stereocenters. The first-order valence-corrected chi connectivity index (χ1v) is 36.1. The third-order valence-electron chi connectivity index (χ3n) is 16.4. The highest BCUT2D eigenvalue weighted by Gasteiger charge is 2.64. The average Bonchev–Trinajstić information content (AvgIpc) is 1.62. The molecule has 6 N–H and O–H groups in total. The SMILES string of the molecule is CC(=O)OCC1OC(OC2C(OC(C)=O)C(NC(=O)C(CCNC(=O)OC(C)(C)C)OC(C)=O)CC(NC(=O)OC(C)(C)C)C2OC2OC(CN3C(=O)c4ccccc4C3=O)C3OC3C2NC(=O)OC(C)(C)C)C(OC(C)=O)C1OC1OC(CNC(=O)OC(C)(C)C)C(OC(C)=O)C(OC(C)=O)C1NC(=O)OC(C)(C)C. The van der Waals surface area contributed by atoms with Crippen LogP contribution in [0, 0.1) is 0 Å². The number of benzene rings is 1. The number of nitrogens with zero attached hydrogens (tertiary/aromatic N) is 1. The molecule has 39 heteroatoms. The van der Waals surface area contributed by atoms with E-state index in [9.17, 15) is 62.3 Å². The van der Waals surface area contributed by atoms with Crippen molar-refractivity contribution in [2.75, 3.05) is 26.2 Å². The Morgan fingerprint density at radius 3 is 1.38 bits per heavy atom. The molecule has 0 bridgehead atoms. The molecule has 5 aliphatic heterocycles. The molecule has 1 aromatic carbocycles. The fourth-order valence-electron chi connectivity index (χ4n) is 12.6. The van der Waals surface area contributed by atoms with Gasteiger partial charge in [0.15, 0.2) is 49.4 Å². The van der Waals surface area contributed by atoms with Crippen molar-refractivity contribution in [2.24, 2.45) is 0 Å². The van der Waals surface area contributed by atoms with E-state index in [1.165, 1.54) is 53.7 Å². The van der Waals surface area contributed by atoms with Gasteiger partial charge >= 0.3 is 66.3 Å². The minimum atomic E-state index is -2.19. The Kier molecular flexibility index (Phi) is 29.2. The molecule has 0 radical (unpaired) electrons. The van der Waals surface area contributed by atoms with Crippen LogP contribution in [0.3, 0.4) is 0 Å². The van der Waals surface area contributed by atoms with Gasteiger partial charge in [-0.05, 0) is 122 Å². The molecule has 7 rings (SSSR count). The molecule has 1 saturated carbocycles. The van der Waals surface area contributed by atoms with Crippen molar-refractivity contribution in [1.82, 2.24) is 36.8 Å². The zero-order valence-electron chi connectivity index (χ0n) is 66.1. The van der Waals surface area contributed by atoms with Gasteiger partial charge in [0, 0.05) is 54.5 Å². The number of rotatable bonds is 25. The van der Waals surface area contributed by atoms with Crippen molar-refractivity contribution in [3.05, 3.63) is 35.4 Å². The Morgan fingerprint density at radius 1 is 0.432 bits per heavy atom. The van der Waals surface area contributed by atoms with E-state index in [0.717, 1.165) is 46.4 Å². The number of hydrogen-bond donors (Lipinski definition) is 6. The topological polar surface area (TPSA) is 484 Å². The summed E-state index contributed by atoms with van der Waals surface area (Å²) in [7, 11) is 0. The fourth-order valence-corrected chi connectivity index (χ4v) is 12.6. The summed E-state index contributed by atoms with van der Waals surface area (Å²) in [4.78, 5) is 193. The Morgan fingerprint density at radius 2 is 0.865 bits per heavy atom. The molecule has 4 saturated heterocycles. The van der Waals surface area contributed by atoms with E-state index < -0.39 is 267 Å². The van der Waals surface area contributed by atoms with E-state index in [1.807, 2.05) is 0 Å². The molecule has 20 atom stereocenters. The Hall–Kier alpha value is -9.28. The van der Waals surface area contributed by atoms with Crippen molar-refractivity contribution in [3.63, 3.8) is 0 Å². The van der Waals surface area contributed by atoms with Gasteiger partial charge < -0.3 is 117 Å². The number of imide groups is 1. The number of esters is 6. The largest absolute Gasteiger partial charge is 0.463 e. The van der Waals surface area contributed by atoms with Gasteiger partial charge in [0.1, 0.15) is 95.5 Å². The quantitative estimate of drug-likeness (QED) is 0.0352. The number of nitrogens with one attached hydrogen (secondary N) is 6. The van der Waals surface area contributed by atoms with E-state index in [0.29, 0.717) is 0 Å². The second-order valence-electron chi connectivity index (χ2n) is 32.0. The van der Waals surface area contributed by atoms with Crippen LogP contribution in [0.1, 0.15) is 179 Å². The molecule has 0 spiro atoms. The van der Waals surface area contributed by atoms with Crippen molar-refractivity contribution in [3.8, 4) is 0 Å². The summed E-state index contributed by atoms with van der Waals surface area (Å²) in [6.07, 6.45) is -34.7. The zero-order valence-corrected chi connectivity index (χ0v) is 66.1. The summed E-state index contributed by atoms with van der Waals surface area (Å²) in [6.45, 7) is 27.1. The molecule has 0 aromatic heterocycles. The van der Waals surface area contributed by atoms with Crippen LogP contribution in [0.4, 0.5) is 24.0 Å². The highest BCUT2D eigenvalue weighted by molar-refractivity contribution is 6.21.